The van der Waals surface area contributed by atoms with E-state index in [4.69, 9.17) is 4.74 Å². The van der Waals surface area contributed by atoms with Crippen LogP contribution >= 0.6 is 0 Å². The van der Waals surface area contributed by atoms with Gasteiger partial charge in [0.1, 0.15) is 18.2 Å². The van der Waals surface area contributed by atoms with E-state index < -0.39 is 12.6 Å². The van der Waals surface area contributed by atoms with E-state index in [0.717, 1.165) is 10.9 Å². The van der Waals surface area contributed by atoms with Gasteiger partial charge in [-0.05, 0) is 24.3 Å². The smallest absolute Gasteiger partial charge is 0.230 e. The molecule has 0 saturated carbocycles. The normalized spacial score (nSPS) is 13.2. The second-order valence-electron chi connectivity index (χ2n) is 4.24. The molecule has 0 spiro atoms. The lowest BCUT2D eigenvalue weighted by Crippen LogP contribution is -2.28. The predicted octanol–water partition coefficient (Wildman–Crippen LogP) is -0.142. The Balaban J connectivity index is 1.97. The largest absolute Gasteiger partial charge is 0.546 e. The summed E-state index contributed by atoms with van der Waals surface area (Å²) in [5, 5.41) is 13.8. The van der Waals surface area contributed by atoms with E-state index in [-0.39, 0.29) is 5.91 Å². The Labute approximate surface area is 108 Å². The van der Waals surface area contributed by atoms with Crippen LogP contribution in [-0.2, 0) is 16.0 Å². The number of hydrogen-bond acceptors (Lipinski definition) is 5. The Bertz CT molecular complexity index is 696. The molecule has 3 rings (SSSR count). The van der Waals surface area contributed by atoms with Crippen molar-refractivity contribution in [2.75, 3.05) is 11.9 Å². The molecule has 0 bridgehead atoms. The van der Waals surface area contributed by atoms with E-state index in [2.05, 4.69) is 10.3 Å². The third-order valence-electron chi connectivity index (χ3n) is 2.83. The fourth-order valence-corrected chi connectivity index (χ4v) is 2.02. The third-order valence-corrected chi connectivity index (χ3v) is 2.83. The number of aromatic nitrogens is 1. The first kappa shape index (κ1) is 11.5. The van der Waals surface area contributed by atoms with Crippen molar-refractivity contribution in [3.8, 4) is 5.75 Å². The van der Waals surface area contributed by atoms with E-state index in [1.54, 1.807) is 18.2 Å². The van der Waals surface area contributed by atoms with E-state index in [1.165, 1.54) is 0 Å². The van der Waals surface area contributed by atoms with Crippen molar-refractivity contribution in [3.05, 3.63) is 29.8 Å². The van der Waals surface area contributed by atoms with Gasteiger partial charge in [-0.15, -0.1) is 0 Å². The maximum absolute atomic E-state index is 11.3. The van der Waals surface area contributed by atoms with Crippen LogP contribution in [0.5, 0.6) is 5.75 Å². The van der Waals surface area contributed by atoms with Gasteiger partial charge in [0.05, 0.1) is 17.9 Å². The molecule has 0 radical (unpaired) electrons. The Morgan fingerprint density at radius 3 is 3.05 bits per heavy atom. The lowest BCUT2D eigenvalue weighted by Gasteiger charge is -2.08. The first-order valence-corrected chi connectivity index (χ1v) is 5.68. The van der Waals surface area contributed by atoms with Gasteiger partial charge in [-0.1, -0.05) is 0 Å². The molecule has 96 valence electrons. The summed E-state index contributed by atoms with van der Waals surface area (Å²) in [6.45, 7) is -0.496. The van der Waals surface area contributed by atoms with E-state index in [9.17, 15) is 14.7 Å². The predicted molar refractivity (Wildman–Crippen MR) is 64.6 cm³/mol. The maximum atomic E-state index is 11.3. The summed E-state index contributed by atoms with van der Waals surface area (Å²) in [6.07, 6.45) is 0.308. The number of carboxylic acids is 1. The number of benzene rings is 1. The van der Waals surface area contributed by atoms with Gasteiger partial charge in [0.15, 0.2) is 0 Å². The van der Waals surface area contributed by atoms with Crippen LogP contribution in [0.25, 0.3) is 10.9 Å². The molecule has 0 atom stereocenters. The highest BCUT2D eigenvalue weighted by Gasteiger charge is 2.19. The molecule has 2 heterocycles. The molecule has 1 aromatic heterocycles. The number of nitrogens with zero attached hydrogens (tertiary/aromatic N) is 1. The molecule has 6 heteroatoms. The van der Waals surface area contributed by atoms with Crippen molar-refractivity contribution >= 4 is 28.6 Å². The molecule has 0 aliphatic carbocycles. The SMILES string of the molecule is O=C([O-])COc1ccc2nc3c(cc2c1)CC(=O)N3. The summed E-state index contributed by atoms with van der Waals surface area (Å²) >= 11 is 0. The monoisotopic (exact) mass is 257 g/mol. The van der Waals surface area contributed by atoms with Crippen LogP contribution in [0, 0.1) is 0 Å². The molecule has 1 N–H and O–H groups in total. The van der Waals surface area contributed by atoms with Gasteiger partial charge < -0.3 is 20.0 Å². The van der Waals surface area contributed by atoms with Crippen molar-refractivity contribution in [3.63, 3.8) is 0 Å². The molecule has 1 amide bonds. The maximum Gasteiger partial charge on any atom is 0.230 e. The zero-order valence-electron chi connectivity index (χ0n) is 9.80. The van der Waals surface area contributed by atoms with Crippen LogP contribution in [0.4, 0.5) is 5.82 Å². The summed E-state index contributed by atoms with van der Waals surface area (Å²) in [4.78, 5) is 25.9. The van der Waals surface area contributed by atoms with E-state index in [1.807, 2.05) is 6.07 Å². The average molecular weight is 257 g/mol. The minimum atomic E-state index is -1.28. The number of anilines is 1. The fourth-order valence-electron chi connectivity index (χ4n) is 2.02. The molecule has 0 saturated heterocycles. The number of fused-ring (bicyclic) bond motifs is 2. The van der Waals surface area contributed by atoms with Crippen LogP contribution in [0.1, 0.15) is 5.56 Å². The number of aliphatic carboxylic acids is 1. The topological polar surface area (TPSA) is 91.3 Å². The number of carboxylic acid groups (broad SMARTS) is 1. The molecule has 6 nitrogen and oxygen atoms in total. The molecule has 1 aliphatic heterocycles. The summed E-state index contributed by atoms with van der Waals surface area (Å²) in [5.41, 5.74) is 1.54. The van der Waals surface area contributed by atoms with Crippen molar-refractivity contribution in [1.29, 1.82) is 0 Å². The molecular weight excluding hydrogens is 248 g/mol. The summed E-state index contributed by atoms with van der Waals surface area (Å²) in [6, 6.07) is 6.88. The lowest BCUT2D eigenvalue weighted by molar-refractivity contribution is -0.307. The van der Waals surface area contributed by atoms with Crippen molar-refractivity contribution in [2.45, 2.75) is 6.42 Å². The van der Waals surface area contributed by atoms with Crippen molar-refractivity contribution in [1.82, 2.24) is 4.98 Å². The second kappa shape index (κ2) is 4.24. The number of rotatable bonds is 3. The average Bonchev–Trinajstić information content (AvgIpc) is 2.72. The first-order valence-electron chi connectivity index (χ1n) is 5.68. The van der Waals surface area contributed by atoms with Gasteiger partial charge in [0.2, 0.25) is 5.91 Å². The number of pyridine rings is 1. The van der Waals surface area contributed by atoms with Crippen LogP contribution in [0.15, 0.2) is 24.3 Å². The Morgan fingerprint density at radius 1 is 1.42 bits per heavy atom. The van der Waals surface area contributed by atoms with Gasteiger partial charge >= 0.3 is 0 Å². The molecule has 0 unspecified atom stereocenters. The summed E-state index contributed by atoms with van der Waals surface area (Å²) in [5.74, 6) is -0.343. The molecule has 0 fully saturated rings. The highest BCUT2D eigenvalue weighted by Crippen LogP contribution is 2.27. The second-order valence-corrected chi connectivity index (χ2v) is 4.24. The van der Waals surface area contributed by atoms with Crippen LogP contribution in [0.3, 0.4) is 0 Å². The van der Waals surface area contributed by atoms with Gasteiger partial charge in [0.25, 0.3) is 0 Å². The zero-order chi connectivity index (χ0) is 13.4. The van der Waals surface area contributed by atoms with Gasteiger partial charge in [0, 0.05) is 10.9 Å². The molecule has 2 aromatic rings. The minimum Gasteiger partial charge on any atom is -0.546 e. The molecule has 1 aliphatic rings. The summed E-state index contributed by atoms with van der Waals surface area (Å²) in [7, 11) is 0. The first-order chi connectivity index (χ1) is 9.11. The standard InChI is InChI=1S/C13H10N2O4/c16-11-5-8-3-7-4-9(19-6-12(17)18)1-2-10(7)14-13(8)15-11/h1-4H,5-6H2,(H,17,18)(H,14,15,16)/p-1. The fraction of sp³-hybridized carbons (Fsp3) is 0.154. The van der Waals surface area contributed by atoms with Gasteiger partial charge in [-0.3, -0.25) is 4.79 Å². The molecular formula is C13H9N2O4-. The van der Waals surface area contributed by atoms with Crippen LogP contribution in [-0.4, -0.2) is 23.5 Å². The van der Waals surface area contributed by atoms with E-state index in [0.29, 0.717) is 23.5 Å². The highest BCUT2D eigenvalue weighted by atomic mass is 16.5. The number of hydrogen-bond donors (Lipinski definition) is 1. The Hall–Kier alpha value is -2.63. The van der Waals surface area contributed by atoms with Crippen molar-refractivity contribution < 1.29 is 19.4 Å². The number of carbonyl (C=O) groups is 2. The lowest BCUT2D eigenvalue weighted by atomic mass is 10.1. The minimum absolute atomic E-state index is 0.0776. The van der Waals surface area contributed by atoms with Gasteiger partial charge in [-0.2, -0.15) is 0 Å². The Morgan fingerprint density at radius 2 is 2.26 bits per heavy atom. The zero-order valence-corrected chi connectivity index (χ0v) is 9.80. The highest BCUT2D eigenvalue weighted by molar-refractivity contribution is 6.00. The number of amides is 1. The summed E-state index contributed by atoms with van der Waals surface area (Å²) < 4.78 is 5.04. The Kier molecular flexibility index (Phi) is 2.56. The number of carbonyl (C=O) groups excluding carboxylic acids is 2. The third kappa shape index (κ3) is 2.20. The van der Waals surface area contributed by atoms with Crippen LogP contribution in [0.2, 0.25) is 0 Å². The number of nitrogens with one attached hydrogen (secondary N) is 1. The van der Waals surface area contributed by atoms with Gasteiger partial charge in [-0.25, -0.2) is 4.98 Å². The molecule has 19 heavy (non-hydrogen) atoms. The number of ether oxygens (including phenoxy) is 1. The molecule has 1 aromatic carbocycles. The van der Waals surface area contributed by atoms with Crippen molar-refractivity contribution in [2.24, 2.45) is 0 Å². The van der Waals surface area contributed by atoms with Crippen LogP contribution < -0.4 is 15.2 Å². The van der Waals surface area contributed by atoms with E-state index >= 15 is 0 Å². The quantitative estimate of drug-likeness (QED) is 0.826.